The Bertz CT molecular complexity index is 1050. The maximum atomic E-state index is 13.5. The molecule has 1 aliphatic carbocycles. The zero-order valence-electron chi connectivity index (χ0n) is 19.6. The molecule has 2 N–H and O–H groups in total. The summed E-state index contributed by atoms with van der Waals surface area (Å²) in [5.41, 5.74) is -0.958. The number of hydrogen-bond acceptors (Lipinski definition) is 5. The summed E-state index contributed by atoms with van der Waals surface area (Å²) in [7, 11) is 0. The SMILES string of the molecule is O=C(Nc1cc(C(F)(F)F)ccc1N1CCC(O)(CC2CC2)CC1)c1ccc(C2CCOCC2)o1. The van der Waals surface area contributed by atoms with Crippen molar-refractivity contribution in [2.75, 3.05) is 36.5 Å². The van der Waals surface area contributed by atoms with Gasteiger partial charge < -0.3 is 24.5 Å². The minimum Gasteiger partial charge on any atom is -0.456 e. The predicted molar refractivity (Wildman–Crippen MR) is 125 cm³/mol. The second kappa shape index (κ2) is 9.50. The number of rotatable bonds is 6. The zero-order chi connectivity index (χ0) is 24.6. The van der Waals surface area contributed by atoms with Crippen LogP contribution >= 0.6 is 0 Å². The van der Waals surface area contributed by atoms with E-state index in [4.69, 9.17) is 9.15 Å². The number of piperidine rings is 1. The fourth-order valence-electron chi connectivity index (χ4n) is 5.18. The van der Waals surface area contributed by atoms with Crippen LogP contribution in [0.5, 0.6) is 0 Å². The van der Waals surface area contributed by atoms with Gasteiger partial charge in [0.2, 0.25) is 0 Å². The summed E-state index contributed by atoms with van der Waals surface area (Å²) in [4.78, 5) is 14.9. The number of halogens is 3. The summed E-state index contributed by atoms with van der Waals surface area (Å²) in [5, 5.41) is 13.6. The van der Waals surface area contributed by atoms with E-state index >= 15 is 0 Å². The van der Waals surface area contributed by atoms with E-state index in [0.717, 1.165) is 44.2 Å². The number of benzene rings is 1. The van der Waals surface area contributed by atoms with Crippen LogP contribution < -0.4 is 10.2 Å². The molecule has 0 radical (unpaired) electrons. The first-order chi connectivity index (χ1) is 16.7. The lowest BCUT2D eigenvalue weighted by Gasteiger charge is -2.40. The van der Waals surface area contributed by atoms with Crippen LogP contribution in [-0.4, -0.2) is 42.9 Å². The number of nitrogens with zero attached hydrogens (tertiary/aromatic N) is 1. The molecule has 1 amide bonds. The second-order valence-electron chi connectivity index (χ2n) is 10.1. The number of aliphatic hydroxyl groups is 1. The lowest BCUT2D eigenvalue weighted by atomic mass is 9.86. The highest BCUT2D eigenvalue weighted by atomic mass is 19.4. The van der Waals surface area contributed by atoms with Crippen molar-refractivity contribution in [3.05, 3.63) is 47.4 Å². The van der Waals surface area contributed by atoms with Crippen LogP contribution in [0.2, 0.25) is 0 Å². The van der Waals surface area contributed by atoms with Crippen LogP contribution in [0.3, 0.4) is 0 Å². The summed E-state index contributed by atoms with van der Waals surface area (Å²) >= 11 is 0. The van der Waals surface area contributed by atoms with Crippen LogP contribution in [0.15, 0.2) is 34.7 Å². The summed E-state index contributed by atoms with van der Waals surface area (Å²) in [6.07, 6.45) is 1.25. The number of nitrogens with one attached hydrogen (secondary N) is 1. The number of anilines is 2. The molecule has 0 atom stereocenters. The molecule has 0 unspecified atom stereocenters. The highest BCUT2D eigenvalue weighted by Crippen LogP contribution is 2.42. The van der Waals surface area contributed by atoms with Gasteiger partial charge in [-0.15, -0.1) is 0 Å². The molecule has 35 heavy (non-hydrogen) atoms. The minimum atomic E-state index is -4.54. The molecule has 2 aliphatic heterocycles. The molecule has 5 rings (SSSR count). The monoisotopic (exact) mass is 492 g/mol. The number of carbonyl (C=O) groups is 1. The molecule has 1 saturated carbocycles. The molecule has 9 heteroatoms. The maximum absolute atomic E-state index is 13.5. The van der Waals surface area contributed by atoms with Crippen LogP contribution in [0.1, 0.15) is 72.7 Å². The summed E-state index contributed by atoms with van der Waals surface area (Å²) < 4.78 is 51.5. The summed E-state index contributed by atoms with van der Waals surface area (Å²) in [6.45, 7) is 2.27. The van der Waals surface area contributed by atoms with Gasteiger partial charge >= 0.3 is 6.18 Å². The van der Waals surface area contributed by atoms with E-state index in [1.807, 2.05) is 4.90 Å². The Morgan fingerprint density at radius 1 is 1.09 bits per heavy atom. The van der Waals surface area contributed by atoms with Crippen molar-refractivity contribution in [3.63, 3.8) is 0 Å². The standard InChI is InChI=1S/C26H31F3N2O4/c27-26(28,29)19-3-4-21(31-11-9-25(33,10-12-31)16-17-1-2-17)20(15-19)30-24(32)23-6-5-22(35-23)18-7-13-34-14-8-18/h3-6,15,17-18,33H,1-2,7-14,16H2,(H,30,32). The summed E-state index contributed by atoms with van der Waals surface area (Å²) in [5.74, 6) is 0.913. The number of ether oxygens (including phenoxy) is 1. The van der Waals surface area contributed by atoms with Gasteiger partial charge in [-0.1, -0.05) is 12.8 Å². The largest absolute Gasteiger partial charge is 0.456 e. The van der Waals surface area contributed by atoms with Gasteiger partial charge in [0.25, 0.3) is 5.91 Å². The van der Waals surface area contributed by atoms with Crippen molar-refractivity contribution in [2.45, 2.75) is 62.6 Å². The average Bonchev–Trinajstić information content (AvgIpc) is 3.49. The lowest BCUT2D eigenvalue weighted by Crippen LogP contribution is -2.45. The van der Waals surface area contributed by atoms with Gasteiger partial charge in [-0.25, -0.2) is 0 Å². The van der Waals surface area contributed by atoms with E-state index in [9.17, 15) is 23.1 Å². The van der Waals surface area contributed by atoms with Crippen molar-refractivity contribution < 1.29 is 32.2 Å². The summed E-state index contributed by atoms with van der Waals surface area (Å²) in [6, 6.07) is 6.72. The Balaban J connectivity index is 1.34. The molecule has 6 nitrogen and oxygen atoms in total. The third kappa shape index (κ3) is 5.67. The molecule has 3 fully saturated rings. The number of hydrogen-bond donors (Lipinski definition) is 2. The third-order valence-electron chi connectivity index (χ3n) is 7.45. The van der Waals surface area contributed by atoms with E-state index < -0.39 is 23.2 Å². The Labute approximate surface area is 202 Å². The quantitative estimate of drug-likeness (QED) is 0.551. The van der Waals surface area contributed by atoms with Crippen molar-refractivity contribution in [1.82, 2.24) is 0 Å². The van der Waals surface area contributed by atoms with Crippen LogP contribution in [0.4, 0.5) is 24.5 Å². The third-order valence-corrected chi connectivity index (χ3v) is 7.45. The Morgan fingerprint density at radius 3 is 2.46 bits per heavy atom. The lowest BCUT2D eigenvalue weighted by molar-refractivity contribution is -0.137. The van der Waals surface area contributed by atoms with Crippen LogP contribution in [0.25, 0.3) is 0 Å². The number of carbonyl (C=O) groups excluding carboxylic acids is 1. The molecule has 3 heterocycles. The highest BCUT2D eigenvalue weighted by Gasteiger charge is 2.39. The first-order valence-corrected chi connectivity index (χ1v) is 12.4. The highest BCUT2D eigenvalue weighted by molar-refractivity contribution is 6.04. The molecule has 1 aromatic heterocycles. The smallest absolute Gasteiger partial charge is 0.416 e. The van der Waals surface area contributed by atoms with Gasteiger partial charge in [-0.3, -0.25) is 4.79 Å². The van der Waals surface area contributed by atoms with Gasteiger partial charge in [0.05, 0.1) is 22.5 Å². The van der Waals surface area contributed by atoms with E-state index in [2.05, 4.69) is 5.32 Å². The Hall–Kier alpha value is -2.52. The Morgan fingerprint density at radius 2 is 1.80 bits per heavy atom. The minimum absolute atomic E-state index is 0.0623. The molecule has 3 aliphatic rings. The van der Waals surface area contributed by atoms with E-state index in [1.165, 1.54) is 6.07 Å². The van der Waals surface area contributed by atoms with Gasteiger partial charge in [-0.05, 0) is 68.4 Å². The molecule has 190 valence electrons. The number of alkyl halides is 3. The fraction of sp³-hybridized carbons (Fsp3) is 0.577. The predicted octanol–water partition coefficient (Wildman–Crippen LogP) is 5.58. The molecular weight excluding hydrogens is 461 g/mol. The molecule has 2 aromatic rings. The second-order valence-corrected chi connectivity index (χ2v) is 10.1. The first kappa shape index (κ1) is 24.2. The van der Waals surface area contributed by atoms with E-state index in [1.54, 1.807) is 12.1 Å². The molecule has 2 saturated heterocycles. The molecule has 0 spiro atoms. The van der Waals surface area contributed by atoms with Gasteiger partial charge in [0.15, 0.2) is 5.76 Å². The molecule has 0 bridgehead atoms. The average molecular weight is 493 g/mol. The molecule has 1 aromatic carbocycles. The van der Waals surface area contributed by atoms with Crippen molar-refractivity contribution in [3.8, 4) is 0 Å². The normalized spacial score (nSPS) is 21.2. The van der Waals surface area contributed by atoms with Gasteiger partial charge in [-0.2, -0.15) is 13.2 Å². The van der Waals surface area contributed by atoms with E-state index in [0.29, 0.717) is 56.5 Å². The molecular formula is C26H31F3N2O4. The van der Waals surface area contributed by atoms with Crippen molar-refractivity contribution >= 4 is 17.3 Å². The van der Waals surface area contributed by atoms with Crippen LogP contribution in [0, 0.1) is 5.92 Å². The maximum Gasteiger partial charge on any atom is 0.416 e. The van der Waals surface area contributed by atoms with Gasteiger partial charge in [0.1, 0.15) is 5.76 Å². The van der Waals surface area contributed by atoms with Crippen molar-refractivity contribution in [1.29, 1.82) is 0 Å². The fourth-order valence-corrected chi connectivity index (χ4v) is 5.18. The zero-order valence-corrected chi connectivity index (χ0v) is 19.6. The first-order valence-electron chi connectivity index (χ1n) is 12.4. The number of amides is 1. The van der Waals surface area contributed by atoms with Crippen molar-refractivity contribution in [2.24, 2.45) is 5.92 Å². The topological polar surface area (TPSA) is 74.9 Å². The Kier molecular flexibility index (Phi) is 6.57. The van der Waals surface area contributed by atoms with E-state index in [-0.39, 0.29) is 17.4 Å². The van der Waals surface area contributed by atoms with Gasteiger partial charge in [0, 0.05) is 32.2 Å². The number of furan rings is 1. The van der Waals surface area contributed by atoms with Crippen LogP contribution in [-0.2, 0) is 10.9 Å².